The van der Waals surface area contributed by atoms with Crippen molar-refractivity contribution in [2.24, 2.45) is 0 Å². The summed E-state index contributed by atoms with van der Waals surface area (Å²) in [5.74, 6) is -0.301. The van der Waals surface area contributed by atoms with Crippen LogP contribution in [-0.2, 0) is 9.53 Å². The molecule has 1 N–H and O–H groups in total. The van der Waals surface area contributed by atoms with Crippen molar-refractivity contribution >= 4 is 5.97 Å². The number of carbonyl (C=O) groups excluding carboxylic acids is 1. The van der Waals surface area contributed by atoms with E-state index in [9.17, 15) is 4.79 Å². The molecule has 1 saturated heterocycles. The summed E-state index contributed by atoms with van der Waals surface area (Å²) in [4.78, 5) is 13.2. The zero-order valence-corrected chi connectivity index (χ0v) is 8.01. The lowest BCUT2D eigenvalue weighted by molar-refractivity contribution is -0.140. The van der Waals surface area contributed by atoms with Crippen LogP contribution in [0.5, 0.6) is 0 Å². The molecule has 13 heavy (non-hydrogen) atoms. The first-order valence-electron chi connectivity index (χ1n) is 4.57. The number of nitrogens with zero attached hydrogens (tertiary/aromatic N) is 1. The molecule has 0 aliphatic carbocycles. The Balaban J connectivity index is 2.40. The minimum absolute atomic E-state index is 0.301. The van der Waals surface area contributed by atoms with E-state index in [0.717, 1.165) is 26.2 Å². The highest BCUT2D eigenvalue weighted by Gasteiger charge is 2.17. The molecule has 4 nitrogen and oxygen atoms in total. The summed E-state index contributed by atoms with van der Waals surface area (Å²) in [5, 5.41) is 3.21. The van der Waals surface area contributed by atoms with Gasteiger partial charge in [0.15, 0.2) is 0 Å². The van der Waals surface area contributed by atoms with Crippen molar-refractivity contribution in [1.82, 2.24) is 10.2 Å². The van der Waals surface area contributed by atoms with Crippen molar-refractivity contribution < 1.29 is 9.53 Å². The maximum atomic E-state index is 11.3. The average molecular weight is 184 g/mol. The van der Waals surface area contributed by atoms with Crippen molar-refractivity contribution in [2.45, 2.75) is 6.92 Å². The minimum Gasteiger partial charge on any atom is -0.461 e. The number of esters is 1. The van der Waals surface area contributed by atoms with Gasteiger partial charge in [-0.05, 0) is 6.92 Å². The quantitative estimate of drug-likeness (QED) is 0.494. The molecule has 0 aromatic heterocycles. The van der Waals surface area contributed by atoms with Gasteiger partial charge < -0.3 is 15.0 Å². The van der Waals surface area contributed by atoms with E-state index < -0.39 is 0 Å². The maximum Gasteiger partial charge on any atom is 0.353 e. The van der Waals surface area contributed by atoms with E-state index in [2.05, 4.69) is 11.9 Å². The smallest absolute Gasteiger partial charge is 0.353 e. The first-order chi connectivity index (χ1) is 6.25. The van der Waals surface area contributed by atoms with Gasteiger partial charge in [-0.25, -0.2) is 4.79 Å². The zero-order chi connectivity index (χ0) is 9.68. The molecule has 74 valence electrons. The van der Waals surface area contributed by atoms with Crippen LogP contribution in [-0.4, -0.2) is 43.7 Å². The third-order valence-corrected chi connectivity index (χ3v) is 2.01. The number of rotatable bonds is 3. The van der Waals surface area contributed by atoms with Crippen molar-refractivity contribution in [2.75, 3.05) is 32.8 Å². The van der Waals surface area contributed by atoms with Gasteiger partial charge in [0, 0.05) is 26.2 Å². The normalized spacial score (nSPS) is 16.8. The summed E-state index contributed by atoms with van der Waals surface area (Å²) in [7, 11) is 0. The van der Waals surface area contributed by atoms with Crippen LogP contribution in [0.2, 0.25) is 0 Å². The molecule has 4 heteroatoms. The molecule has 0 bridgehead atoms. The fourth-order valence-corrected chi connectivity index (χ4v) is 1.28. The average Bonchev–Trinajstić information content (AvgIpc) is 2.18. The summed E-state index contributed by atoms with van der Waals surface area (Å²) >= 11 is 0. The number of hydrogen-bond acceptors (Lipinski definition) is 4. The topological polar surface area (TPSA) is 41.6 Å². The monoisotopic (exact) mass is 184 g/mol. The van der Waals surface area contributed by atoms with Crippen LogP contribution in [0.3, 0.4) is 0 Å². The second-order valence-corrected chi connectivity index (χ2v) is 2.90. The van der Waals surface area contributed by atoms with E-state index in [-0.39, 0.29) is 5.97 Å². The molecule has 0 aromatic carbocycles. The van der Waals surface area contributed by atoms with Crippen LogP contribution in [0.15, 0.2) is 12.3 Å². The Hall–Kier alpha value is -1.03. The lowest BCUT2D eigenvalue weighted by atomic mass is 10.3. The van der Waals surface area contributed by atoms with Crippen LogP contribution >= 0.6 is 0 Å². The van der Waals surface area contributed by atoms with Crippen molar-refractivity contribution in [3.05, 3.63) is 12.3 Å². The summed E-state index contributed by atoms with van der Waals surface area (Å²) in [6.45, 7) is 9.39. The third-order valence-electron chi connectivity index (χ3n) is 2.01. The molecule has 1 heterocycles. The van der Waals surface area contributed by atoms with Gasteiger partial charge in [0.1, 0.15) is 5.70 Å². The predicted octanol–water partition coefficient (Wildman–Crippen LogP) is -0.0316. The largest absolute Gasteiger partial charge is 0.461 e. The van der Waals surface area contributed by atoms with Gasteiger partial charge in [-0.1, -0.05) is 6.58 Å². The Morgan fingerprint density at radius 2 is 2.15 bits per heavy atom. The molecule has 0 aromatic rings. The van der Waals surface area contributed by atoms with Crippen LogP contribution in [0, 0.1) is 0 Å². The number of piperazine rings is 1. The van der Waals surface area contributed by atoms with Gasteiger partial charge in [0.25, 0.3) is 0 Å². The summed E-state index contributed by atoms with van der Waals surface area (Å²) in [6.07, 6.45) is 0. The Labute approximate surface area is 78.5 Å². The van der Waals surface area contributed by atoms with E-state index >= 15 is 0 Å². The van der Waals surface area contributed by atoms with Gasteiger partial charge in [-0.15, -0.1) is 0 Å². The van der Waals surface area contributed by atoms with Crippen molar-refractivity contribution in [1.29, 1.82) is 0 Å². The fraction of sp³-hybridized carbons (Fsp3) is 0.667. The standard InChI is InChI=1S/C9H16N2O2/c1-3-13-9(12)8(2)11-6-4-10-5-7-11/h10H,2-7H2,1H3. The number of ether oxygens (including phenoxy) is 1. The summed E-state index contributed by atoms with van der Waals surface area (Å²) in [6, 6.07) is 0. The molecule has 1 rings (SSSR count). The molecular formula is C9H16N2O2. The lowest BCUT2D eigenvalue weighted by Crippen LogP contribution is -2.44. The second-order valence-electron chi connectivity index (χ2n) is 2.90. The van der Waals surface area contributed by atoms with Gasteiger partial charge in [-0.3, -0.25) is 0 Å². The highest BCUT2D eigenvalue weighted by atomic mass is 16.5. The van der Waals surface area contributed by atoms with Crippen molar-refractivity contribution in [3.63, 3.8) is 0 Å². The van der Waals surface area contributed by atoms with Crippen LogP contribution < -0.4 is 5.32 Å². The maximum absolute atomic E-state index is 11.3. The Morgan fingerprint density at radius 3 is 2.69 bits per heavy atom. The number of hydrogen-bond donors (Lipinski definition) is 1. The zero-order valence-electron chi connectivity index (χ0n) is 8.01. The van der Waals surface area contributed by atoms with Gasteiger partial charge in [0.05, 0.1) is 6.61 Å². The number of nitrogens with one attached hydrogen (secondary N) is 1. The highest BCUT2D eigenvalue weighted by Crippen LogP contribution is 2.04. The van der Waals surface area contributed by atoms with E-state index in [0.29, 0.717) is 12.3 Å². The fourth-order valence-electron chi connectivity index (χ4n) is 1.28. The number of carbonyl (C=O) groups is 1. The first kappa shape index (κ1) is 10.1. The second kappa shape index (κ2) is 4.87. The highest BCUT2D eigenvalue weighted by molar-refractivity contribution is 5.87. The molecule has 0 radical (unpaired) electrons. The van der Waals surface area contributed by atoms with Gasteiger partial charge in [0.2, 0.25) is 0 Å². The van der Waals surface area contributed by atoms with Crippen molar-refractivity contribution in [3.8, 4) is 0 Å². The Bertz CT molecular complexity index is 198. The van der Waals surface area contributed by atoms with Gasteiger partial charge in [-0.2, -0.15) is 0 Å². The van der Waals surface area contributed by atoms with Crippen LogP contribution in [0.1, 0.15) is 6.92 Å². The van der Waals surface area contributed by atoms with Crippen LogP contribution in [0.25, 0.3) is 0 Å². The predicted molar refractivity (Wildman–Crippen MR) is 50.2 cm³/mol. The molecule has 0 saturated carbocycles. The molecule has 0 atom stereocenters. The molecular weight excluding hydrogens is 168 g/mol. The molecule has 0 unspecified atom stereocenters. The summed E-state index contributed by atoms with van der Waals surface area (Å²) in [5.41, 5.74) is 0.475. The van der Waals surface area contributed by atoms with Crippen LogP contribution in [0.4, 0.5) is 0 Å². The van der Waals surface area contributed by atoms with Gasteiger partial charge >= 0.3 is 5.97 Å². The Kier molecular flexibility index (Phi) is 3.76. The Morgan fingerprint density at radius 1 is 1.54 bits per heavy atom. The molecule has 1 fully saturated rings. The minimum atomic E-state index is -0.301. The van der Waals surface area contributed by atoms with E-state index in [1.165, 1.54) is 0 Å². The van der Waals surface area contributed by atoms with E-state index in [1.54, 1.807) is 6.92 Å². The summed E-state index contributed by atoms with van der Waals surface area (Å²) < 4.78 is 4.86. The lowest BCUT2D eigenvalue weighted by Gasteiger charge is -2.29. The van der Waals surface area contributed by atoms with E-state index in [1.807, 2.05) is 4.90 Å². The molecule has 1 aliphatic heterocycles. The SMILES string of the molecule is C=C(C(=O)OCC)N1CCNCC1. The first-order valence-corrected chi connectivity index (χ1v) is 4.57. The molecule has 0 amide bonds. The third kappa shape index (κ3) is 2.73. The molecule has 0 spiro atoms. The van der Waals surface area contributed by atoms with E-state index in [4.69, 9.17) is 4.74 Å². The molecule has 1 aliphatic rings.